The van der Waals surface area contributed by atoms with Gasteiger partial charge in [-0.2, -0.15) is 0 Å². The third-order valence-corrected chi connectivity index (χ3v) is 9.87. The van der Waals surface area contributed by atoms with E-state index < -0.39 is 56.0 Å². The van der Waals surface area contributed by atoms with Gasteiger partial charge in [-0.3, -0.25) is 0 Å². The fraction of sp³-hybridized carbons (Fsp3) is 0.958. The second-order valence-corrected chi connectivity index (χ2v) is 42.5. The van der Waals surface area contributed by atoms with E-state index in [1.165, 1.54) is 0 Å². The lowest BCUT2D eigenvalue weighted by molar-refractivity contribution is -0.0303. The predicted octanol–water partition coefficient (Wildman–Crippen LogP) is 7.56. The molecule has 0 aromatic carbocycles. The largest absolute Gasteiger partial charge is 0.456 e. The smallest absolute Gasteiger partial charge is 0.278 e. The fourth-order valence-corrected chi connectivity index (χ4v) is 7.95. The summed E-state index contributed by atoms with van der Waals surface area (Å²) in [5, 5.41) is 4.75. The normalized spacial score (nSPS) is 17.5. The van der Waals surface area contributed by atoms with Crippen LogP contribution in [0.3, 0.4) is 0 Å². The van der Waals surface area contributed by atoms with Crippen LogP contribution in [0.25, 0.3) is 0 Å². The summed E-state index contributed by atoms with van der Waals surface area (Å²) in [6, 6.07) is 0. The molecule has 0 saturated heterocycles. The van der Waals surface area contributed by atoms with Gasteiger partial charge in [-0.1, -0.05) is 0 Å². The second kappa shape index (κ2) is 14.0. The van der Waals surface area contributed by atoms with Gasteiger partial charge in [-0.25, -0.2) is 0 Å². The molecule has 222 valence electrons. The van der Waals surface area contributed by atoms with Crippen LogP contribution in [0, 0.1) is 0 Å². The van der Waals surface area contributed by atoms with Crippen LogP contribution in [0.4, 0.5) is 0 Å². The molecule has 0 rings (SSSR count). The molecule has 0 aromatic heterocycles. The molecule has 0 aromatic rings. The standard InChI is InChI=1S/C24H61NO6Si6/c1-32(2,3)26-19-21(25-31-37(16,17)18)23(29-35(10,11)12)24(30-36(13,14)15)22(28-34(7,8)9)20-27-33(4,5)6/h22-24H,19-20H2,1-18H3/b25-21+/t22-,23-,24-/m0/s1. The summed E-state index contributed by atoms with van der Waals surface area (Å²) in [6.07, 6.45) is -1.11. The fourth-order valence-electron chi connectivity index (χ4n) is 3.08. The van der Waals surface area contributed by atoms with Gasteiger partial charge in [0, 0.05) is 0 Å². The first kappa shape index (κ1) is 37.6. The van der Waals surface area contributed by atoms with Crippen molar-refractivity contribution in [2.45, 2.75) is 136 Å². The zero-order valence-corrected chi connectivity index (χ0v) is 33.5. The lowest BCUT2D eigenvalue weighted by atomic mass is 10.0. The minimum atomic E-state index is -2.05. The Morgan fingerprint density at radius 1 is 0.514 bits per heavy atom. The van der Waals surface area contributed by atoms with Gasteiger partial charge in [-0.05, 0) is 118 Å². The van der Waals surface area contributed by atoms with Gasteiger partial charge in [0.25, 0.3) is 8.32 Å². The van der Waals surface area contributed by atoms with E-state index >= 15 is 0 Å². The van der Waals surface area contributed by atoms with E-state index in [1.54, 1.807) is 0 Å². The van der Waals surface area contributed by atoms with E-state index in [-0.39, 0.29) is 12.2 Å². The highest BCUT2D eigenvalue weighted by Crippen LogP contribution is 2.26. The Kier molecular flexibility index (Phi) is 14.2. The third kappa shape index (κ3) is 21.0. The van der Waals surface area contributed by atoms with E-state index in [0.717, 1.165) is 5.71 Å². The molecule has 0 amide bonds. The van der Waals surface area contributed by atoms with Crippen LogP contribution >= 0.6 is 0 Å². The van der Waals surface area contributed by atoms with Gasteiger partial charge >= 0.3 is 0 Å². The monoisotopic (exact) mass is 627 g/mol. The van der Waals surface area contributed by atoms with Crippen LogP contribution in [0.2, 0.25) is 118 Å². The molecule has 0 bridgehead atoms. The first-order valence-electron chi connectivity index (χ1n) is 13.6. The van der Waals surface area contributed by atoms with Gasteiger partial charge in [0.15, 0.2) is 41.6 Å². The van der Waals surface area contributed by atoms with Crippen molar-refractivity contribution in [2.75, 3.05) is 13.2 Å². The molecule has 0 spiro atoms. The highest BCUT2D eigenvalue weighted by Gasteiger charge is 2.43. The summed E-state index contributed by atoms with van der Waals surface area (Å²) in [5.41, 5.74) is 0.757. The Balaban J connectivity index is 6.94. The number of oxime groups is 1. The predicted molar refractivity (Wildman–Crippen MR) is 175 cm³/mol. The molecule has 0 saturated carbocycles. The summed E-state index contributed by atoms with van der Waals surface area (Å²) < 4.78 is 39.7. The molecule has 13 heteroatoms. The highest BCUT2D eigenvalue weighted by molar-refractivity contribution is 6.72. The first-order valence-corrected chi connectivity index (χ1v) is 34.1. The van der Waals surface area contributed by atoms with Crippen molar-refractivity contribution in [3.63, 3.8) is 0 Å². The van der Waals surface area contributed by atoms with Crippen LogP contribution < -0.4 is 0 Å². The van der Waals surface area contributed by atoms with Crippen molar-refractivity contribution >= 4 is 55.6 Å². The highest BCUT2D eigenvalue weighted by atomic mass is 28.4. The molecule has 3 atom stereocenters. The SMILES string of the molecule is C[Si](C)(C)OC/C(=N\O[Si](C)(C)C)[C@H](O[Si](C)(C)C)[C@@H](O[Si](C)(C)C)[C@H](CO[Si](C)(C)C)O[Si](C)(C)C. The van der Waals surface area contributed by atoms with Crippen molar-refractivity contribution in [2.24, 2.45) is 5.16 Å². The molecule has 0 aliphatic rings. The lowest BCUT2D eigenvalue weighted by Gasteiger charge is -2.42. The quantitative estimate of drug-likeness (QED) is 0.0942. The van der Waals surface area contributed by atoms with Crippen molar-refractivity contribution in [1.82, 2.24) is 0 Å². The summed E-state index contributed by atoms with van der Waals surface area (Å²) in [6.45, 7) is 40.3. The molecule has 37 heavy (non-hydrogen) atoms. The lowest BCUT2D eigenvalue weighted by Crippen LogP contribution is -2.58. The molecule has 0 N–H and O–H groups in total. The van der Waals surface area contributed by atoms with Crippen molar-refractivity contribution < 1.29 is 26.7 Å². The molecule has 0 radical (unpaired) electrons. The van der Waals surface area contributed by atoms with Crippen molar-refractivity contribution in [3.05, 3.63) is 0 Å². The number of nitrogens with zero attached hydrogens (tertiary/aromatic N) is 1. The van der Waals surface area contributed by atoms with E-state index in [2.05, 4.69) is 118 Å². The van der Waals surface area contributed by atoms with Crippen molar-refractivity contribution in [3.8, 4) is 0 Å². The first-order chi connectivity index (χ1) is 16.1. The van der Waals surface area contributed by atoms with Crippen LogP contribution in [0.15, 0.2) is 5.16 Å². The van der Waals surface area contributed by atoms with Crippen LogP contribution in [-0.4, -0.2) is 87.1 Å². The molecule has 0 fully saturated rings. The Labute approximate surface area is 236 Å². The molecular formula is C24H61NO6Si6. The van der Waals surface area contributed by atoms with Crippen LogP contribution in [0.5, 0.6) is 0 Å². The van der Waals surface area contributed by atoms with Gasteiger partial charge in [0.1, 0.15) is 17.9 Å². The molecule has 7 nitrogen and oxygen atoms in total. The minimum absolute atomic E-state index is 0.282. The molecule has 0 heterocycles. The molecule has 0 aliphatic heterocycles. The minimum Gasteiger partial charge on any atom is -0.456 e. The number of hydrogen-bond donors (Lipinski definition) is 0. The van der Waals surface area contributed by atoms with E-state index in [9.17, 15) is 0 Å². The average Bonchev–Trinajstić information content (AvgIpc) is 2.57. The average molecular weight is 628 g/mol. The molecular weight excluding hydrogens is 567 g/mol. The molecule has 0 unspecified atom stereocenters. The zero-order chi connectivity index (χ0) is 29.7. The molecule has 0 aliphatic carbocycles. The van der Waals surface area contributed by atoms with Gasteiger partial charge < -0.3 is 26.7 Å². The number of hydrogen-bond acceptors (Lipinski definition) is 7. The van der Waals surface area contributed by atoms with Crippen molar-refractivity contribution in [1.29, 1.82) is 0 Å². The summed E-state index contributed by atoms with van der Waals surface area (Å²) in [7, 11) is -11.6. The van der Waals surface area contributed by atoms with Crippen LogP contribution in [0.1, 0.15) is 0 Å². The Bertz CT molecular complexity index is 712. The van der Waals surface area contributed by atoms with Crippen LogP contribution in [-0.2, 0) is 26.7 Å². The summed E-state index contributed by atoms with van der Waals surface area (Å²) >= 11 is 0. The van der Waals surface area contributed by atoms with E-state index in [1.807, 2.05) is 0 Å². The van der Waals surface area contributed by atoms with Gasteiger partial charge in [-0.15, -0.1) is 5.16 Å². The topological polar surface area (TPSA) is 67.7 Å². The Hall–Kier alpha value is 0.571. The maximum atomic E-state index is 6.96. The van der Waals surface area contributed by atoms with Gasteiger partial charge in [0.05, 0.1) is 19.3 Å². The Morgan fingerprint density at radius 3 is 1.30 bits per heavy atom. The Morgan fingerprint density at radius 2 is 0.946 bits per heavy atom. The van der Waals surface area contributed by atoms with E-state index in [0.29, 0.717) is 13.2 Å². The zero-order valence-electron chi connectivity index (χ0n) is 27.5. The summed E-state index contributed by atoms with van der Waals surface area (Å²) in [5.74, 6) is 0. The van der Waals surface area contributed by atoms with E-state index in [4.69, 9.17) is 31.8 Å². The maximum absolute atomic E-state index is 6.96. The van der Waals surface area contributed by atoms with Gasteiger partial charge in [0.2, 0.25) is 0 Å². The summed E-state index contributed by atoms with van der Waals surface area (Å²) in [4.78, 5) is 0. The third-order valence-electron chi connectivity index (χ3n) is 4.24. The number of rotatable bonds is 17. The second-order valence-electron chi connectivity index (χ2n) is 15.7. The maximum Gasteiger partial charge on any atom is 0.278 e.